The number of halogens is 1. The van der Waals surface area contributed by atoms with Crippen molar-refractivity contribution in [2.75, 3.05) is 0 Å². The average Bonchev–Trinajstić information content (AvgIpc) is 3.02. The molecule has 1 aromatic carbocycles. The first-order chi connectivity index (χ1) is 11.5. The highest BCUT2D eigenvalue weighted by atomic mass is 35.5. The smallest absolute Gasteiger partial charge is 0.341 e. The van der Waals surface area contributed by atoms with Crippen molar-refractivity contribution in [2.24, 2.45) is 0 Å². The summed E-state index contributed by atoms with van der Waals surface area (Å²) in [6.07, 6.45) is 0. The molecule has 0 saturated carbocycles. The maximum Gasteiger partial charge on any atom is 0.341 e. The zero-order chi connectivity index (χ0) is 17.1. The highest BCUT2D eigenvalue weighted by Gasteiger charge is 2.18. The third-order valence-electron chi connectivity index (χ3n) is 3.47. The molecule has 0 fully saturated rings. The molecule has 0 aliphatic rings. The molecule has 0 saturated heterocycles. The molecule has 3 aromatic rings. The molecule has 0 bridgehead atoms. The van der Waals surface area contributed by atoms with E-state index in [2.05, 4.69) is 10.1 Å². The Morgan fingerprint density at radius 3 is 2.67 bits per heavy atom. The van der Waals surface area contributed by atoms with Gasteiger partial charge in [0.15, 0.2) is 5.76 Å². The van der Waals surface area contributed by atoms with Crippen LogP contribution < -0.4 is 0 Å². The molecule has 0 spiro atoms. The zero-order valence-corrected chi connectivity index (χ0v) is 14.0. The van der Waals surface area contributed by atoms with Gasteiger partial charge in [-0.1, -0.05) is 47.1 Å². The normalized spacial score (nSPS) is 10.6. The van der Waals surface area contributed by atoms with E-state index in [1.165, 1.54) is 0 Å². The van der Waals surface area contributed by atoms with Crippen molar-refractivity contribution in [2.45, 2.75) is 20.5 Å². The van der Waals surface area contributed by atoms with E-state index in [1.54, 1.807) is 19.1 Å². The van der Waals surface area contributed by atoms with Gasteiger partial charge in [0.05, 0.1) is 5.56 Å². The van der Waals surface area contributed by atoms with Crippen LogP contribution in [0.25, 0.3) is 11.3 Å². The fourth-order valence-corrected chi connectivity index (χ4v) is 2.73. The van der Waals surface area contributed by atoms with Crippen LogP contribution in [0.15, 0.2) is 47.0 Å². The SMILES string of the molecule is Cc1cc(C)c(C(=O)OCc2cc(-c3ccccc3)on2)c(Cl)n1. The largest absolute Gasteiger partial charge is 0.455 e. The van der Waals surface area contributed by atoms with Crippen LogP contribution in [0.2, 0.25) is 5.15 Å². The summed E-state index contributed by atoms with van der Waals surface area (Å²) in [7, 11) is 0. The van der Waals surface area contributed by atoms with E-state index in [4.69, 9.17) is 20.9 Å². The summed E-state index contributed by atoms with van der Waals surface area (Å²) in [5.74, 6) is 0.0853. The summed E-state index contributed by atoms with van der Waals surface area (Å²) in [5, 5.41) is 4.06. The molecule has 2 aromatic heterocycles. The van der Waals surface area contributed by atoms with E-state index in [0.29, 0.717) is 11.5 Å². The predicted octanol–water partition coefficient (Wildman–Crippen LogP) is 4.36. The minimum Gasteiger partial charge on any atom is -0.455 e. The minimum absolute atomic E-state index is 0.00118. The topological polar surface area (TPSA) is 65.2 Å². The van der Waals surface area contributed by atoms with Gasteiger partial charge in [0.2, 0.25) is 0 Å². The molecule has 122 valence electrons. The van der Waals surface area contributed by atoms with Crippen molar-refractivity contribution in [3.8, 4) is 11.3 Å². The van der Waals surface area contributed by atoms with Gasteiger partial charge in [0.25, 0.3) is 0 Å². The maximum absolute atomic E-state index is 12.2. The van der Waals surface area contributed by atoms with Crippen LogP contribution in [0, 0.1) is 13.8 Å². The fraction of sp³-hybridized carbons (Fsp3) is 0.167. The number of aryl methyl sites for hydroxylation is 2. The van der Waals surface area contributed by atoms with Crippen molar-refractivity contribution < 1.29 is 14.1 Å². The molecule has 0 amide bonds. The number of hydrogen-bond donors (Lipinski definition) is 0. The summed E-state index contributed by atoms with van der Waals surface area (Å²) < 4.78 is 10.6. The maximum atomic E-state index is 12.2. The lowest BCUT2D eigenvalue weighted by atomic mass is 10.1. The lowest BCUT2D eigenvalue weighted by Gasteiger charge is -2.08. The van der Waals surface area contributed by atoms with Crippen LogP contribution in [0.5, 0.6) is 0 Å². The molecular weight excluding hydrogens is 328 g/mol. The number of rotatable bonds is 4. The van der Waals surface area contributed by atoms with Crippen LogP contribution in [0.3, 0.4) is 0 Å². The summed E-state index contributed by atoms with van der Waals surface area (Å²) in [6.45, 7) is 3.61. The van der Waals surface area contributed by atoms with Crippen molar-refractivity contribution in [1.82, 2.24) is 10.1 Å². The Balaban J connectivity index is 1.71. The van der Waals surface area contributed by atoms with E-state index >= 15 is 0 Å². The summed E-state index contributed by atoms with van der Waals surface area (Å²) in [4.78, 5) is 16.3. The van der Waals surface area contributed by atoms with Gasteiger partial charge in [-0.3, -0.25) is 0 Å². The van der Waals surface area contributed by atoms with Crippen LogP contribution in [-0.4, -0.2) is 16.1 Å². The zero-order valence-electron chi connectivity index (χ0n) is 13.2. The quantitative estimate of drug-likeness (QED) is 0.520. The van der Waals surface area contributed by atoms with Gasteiger partial charge in [-0.25, -0.2) is 9.78 Å². The van der Waals surface area contributed by atoms with E-state index in [0.717, 1.165) is 16.8 Å². The number of ether oxygens (including phenoxy) is 1. The molecule has 3 rings (SSSR count). The number of benzene rings is 1. The molecule has 5 nitrogen and oxygen atoms in total. The van der Waals surface area contributed by atoms with Gasteiger partial charge in [-0.2, -0.15) is 0 Å². The Morgan fingerprint density at radius 2 is 1.96 bits per heavy atom. The molecule has 0 N–H and O–H groups in total. The summed E-state index contributed by atoms with van der Waals surface area (Å²) >= 11 is 6.05. The second-order valence-electron chi connectivity index (χ2n) is 5.37. The monoisotopic (exact) mass is 342 g/mol. The van der Waals surface area contributed by atoms with Crippen LogP contribution in [0.1, 0.15) is 27.3 Å². The number of carbonyl (C=O) groups is 1. The van der Waals surface area contributed by atoms with Gasteiger partial charge in [-0.15, -0.1) is 0 Å². The number of pyridine rings is 1. The lowest BCUT2D eigenvalue weighted by Crippen LogP contribution is -2.09. The van der Waals surface area contributed by atoms with E-state index in [1.807, 2.05) is 37.3 Å². The van der Waals surface area contributed by atoms with Crippen molar-refractivity contribution in [3.05, 3.63) is 70.1 Å². The van der Waals surface area contributed by atoms with Gasteiger partial charge in [0.1, 0.15) is 17.5 Å². The van der Waals surface area contributed by atoms with Crippen molar-refractivity contribution >= 4 is 17.6 Å². The van der Waals surface area contributed by atoms with Gasteiger partial charge in [-0.05, 0) is 25.5 Å². The first kappa shape index (κ1) is 16.2. The molecule has 0 aliphatic heterocycles. The number of aromatic nitrogens is 2. The predicted molar refractivity (Wildman–Crippen MR) is 89.8 cm³/mol. The molecule has 0 atom stereocenters. The summed E-state index contributed by atoms with van der Waals surface area (Å²) in [6, 6.07) is 13.1. The minimum atomic E-state index is -0.533. The molecule has 24 heavy (non-hydrogen) atoms. The Bertz CT molecular complexity index is 852. The number of esters is 1. The Hall–Kier alpha value is -2.66. The van der Waals surface area contributed by atoms with Crippen LogP contribution in [0.4, 0.5) is 0 Å². The molecule has 0 radical (unpaired) electrons. The average molecular weight is 343 g/mol. The number of carbonyl (C=O) groups excluding carboxylic acids is 1. The number of nitrogens with zero attached hydrogens (tertiary/aromatic N) is 2. The van der Waals surface area contributed by atoms with Crippen molar-refractivity contribution in [3.63, 3.8) is 0 Å². The lowest BCUT2D eigenvalue weighted by molar-refractivity contribution is 0.0463. The van der Waals surface area contributed by atoms with Gasteiger partial charge in [0, 0.05) is 17.3 Å². The number of hydrogen-bond acceptors (Lipinski definition) is 5. The van der Waals surface area contributed by atoms with E-state index in [9.17, 15) is 4.79 Å². The third kappa shape index (κ3) is 3.46. The van der Waals surface area contributed by atoms with E-state index in [-0.39, 0.29) is 17.3 Å². The fourth-order valence-electron chi connectivity index (χ4n) is 2.37. The standard InChI is InChI=1S/C18H15ClN2O3/c1-11-8-12(2)20-17(19)16(11)18(22)23-10-14-9-15(24-21-14)13-6-4-3-5-7-13/h3-9H,10H2,1-2H3. The first-order valence-electron chi connectivity index (χ1n) is 7.36. The molecule has 2 heterocycles. The Kier molecular flexibility index (Phi) is 4.62. The van der Waals surface area contributed by atoms with Crippen LogP contribution in [-0.2, 0) is 11.3 Å². The second-order valence-corrected chi connectivity index (χ2v) is 5.73. The second kappa shape index (κ2) is 6.84. The van der Waals surface area contributed by atoms with Gasteiger partial charge < -0.3 is 9.26 Å². The molecule has 0 unspecified atom stereocenters. The molecule has 0 aliphatic carbocycles. The molecule has 6 heteroatoms. The van der Waals surface area contributed by atoms with Gasteiger partial charge >= 0.3 is 5.97 Å². The first-order valence-corrected chi connectivity index (χ1v) is 7.74. The highest BCUT2D eigenvalue weighted by Crippen LogP contribution is 2.22. The highest BCUT2D eigenvalue weighted by molar-refractivity contribution is 6.32. The van der Waals surface area contributed by atoms with E-state index < -0.39 is 5.97 Å². The van der Waals surface area contributed by atoms with Crippen molar-refractivity contribution in [1.29, 1.82) is 0 Å². The third-order valence-corrected chi connectivity index (χ3v) is 3.75. The summed E-state index contributed by atoms with van der Waals surface area (Å²) in [5.41, 5.74) is 3.18. The molecular formula is C18H15ClN2O3. The Morgan fingerprint density at radius 1 is 1.21 bits per heavy atom. The van der Waals surface area contributed by atoms with Crippen LogP contribution >= 0.6 is 11.6 Å². The Labute approximate surface area is 144 Å².